The number of aromatic nitrogens is 3. The van der Waals surface area contributed by atoms with E-state index in [4.69, 9.17) is 14.4 Å². The first kappa shape index (κ1) is 17.9. The van der Waals surface area contributed by atoms with Crippen molar-refractivity contribution in [2.45, 2.75) is 26.4 Å². The summed E-state index contributed by atoms with van der Waals surface area (Å²) in [5, 5.41) is 2.05. The predicted molar refractivity (Wildman–Crippen MR) is 123 cm³/mol. The van der Waals surface area contributed by atoms with E-state index >= 15 is 0 Å². The van der Waals surface area contributed by atoms with Crippen molar-refractivity contribution in [2.24, 2.45) is 0 Å². The van der Waals surface area contributed by atoms with Crippen LogP contribution in [0.3, 0.4) is 0 Å². The van der Waals surface area contributed by atoms with E-state index in [1.54, 1.807) is 18.6 Å². The number of rotatable bonds is 2. The van der Waals surface area contributed by atoms with E-state index in [0.29, 0.717) is 5.71 Å². The number of nitrogens with zero attached hydrogens (tertiary/aromatic N) is 5. The molecular weight excluding hydrogens is 386 g/mol. The predicted octanol–water partition coefficient (Wildman–Crippen LogP) is 6.11. The van der Waals surface area contributed by atoms with E-state index in [-0.39, 0.29) is 0 Å². The summed E-state index contributed by atoms with van der Waals surface area (Å²) >= 11 is 0. The fourth-order valence-electron chi connectivity index (χ4n) is 4.69. The second-order valence-electron chi connectivity index (χ2n) is 8.27. The Balaban J connectivity index is 1.67. The first-order valence-corrected chi connectivity index (χ1v) is 10.3. The quantitative estimate of drug-likeness (QED) is 0.352. The fourth-order valence-corrected chi connectivity index (χ4v) is 4.69. The van der Waals surface area contributed by atoms with Gasteiger partial charge in [-0.15, -0.1) is 0 Å². The number of benzene rings is 2. The molecule has 0 saturated heterocycles. The zero-order chi connectivity index (χ0) is 21.2. The number of hydrogen-bond acceptors (Lipinski definition) is 6. The van der Waals surface area contributed by atoms with Gasteiger partial charge in [0.15, 0.2) is 17.2 Å². The Morgan fingerprint density at radius 3 is 2.26 bits per heavy atom. The van der Waals surface area contributed by atoms with Crippen molar-refractivity contribution >= 4 is 45.1 Å². The summed E-state index contributed by atoms with van der Waals surface area (Å²) in [5.41, 5.74) is 4.13. The number of pyridine rings is 1. The van der Waals surface area contributed by atoms with Crippen LogP contribution >= 0.6 is 0 Å². The van der Waals surface area contributed by atoms with E-state index in [1.807, 2.05) is 30.3 Å². The fraction of sp³-hybridized carbons (Fsp3) is 0.160. The standard InChI is InChI=1S/C25H21N5O/c1-16-11-12-18-19-10-7-13-28-24(19)31-21(18)20(16)30-23-22(26-14-15-27-23)29(25(30,2)3)17-8-5-4-6-9-17/h4-15H,1-3H3. The largest absolute Gasteiger partial charge is 0.435 e. The molecule has 0 saturated carbocycles. The average molecular weight is 407 g/mol. The van der Waals surface area contributed by atoms with Gasteiger partial charge in [0.1, 0.15) is 5.66 Å². The minimum absolute atomic E-state index is 0.476. The van der Waals surface area contributed by atoms with E-state index in [1.165, 1.54) is 0 Å². The third-order valence-corrected chi connectivity index (χ3v) is 6.01. The Morgan fingerprint density at radius 2 is 1.48 bits per heavy atom. The van der Waals surface area contributed by atoms with Crippen molar-refractivity contribution in [3.63, 3.8) is 0 Å². The second-order valence-corrected chi connectivity index (χ2v) is 8.27. The SMILES string of the molecule is Cc1ccc2c(oc3ncccc32)c1N1c2nccnc2N(c2ccccc2)C1(C)C. The van der Waals surface area contributed by atoms with Gasteiger partial charge in [-0.2, -0.15) is 0 Å². The van der Waals surface area contributed by atoms with Crippen molar-refractivity contribution in [1.29, 1.82) is 0 Å². The van der Waals surface area contributed by atoms with Crippen LogP contribution in [0.1, 0.15) is 19.4 Å². The molecule has 0 atom stereocenters. The Bertz CT molecular complexity index is 1440. The molecule has 6 rings (SSSR count). The smallest absolute Gasteiger partial charge is 0.227 e. The molecule has 152 valence electrons. The van der Waals surface area contributed by atoms with Crippen LogP contribution in [0, 0.1) is 6.92 Å². The number of para-hydroxylation sites is 1. The minimum Gasteiger partial charge on any atom is -0.435 e. The van der Waals surface area contributed by atoms with Gasteiger partial charge in [-0.3, -0.25) is 9.80 Å². The van der Waals surface area contributed by atoms with Crippen molar-refractivity contribution in [3.8, 4) is 0 Å². The van der Waals surface area contributed by atoms with Crippen LogP contribution in [0.5, 0.6) is 0 Å². The summed E-state index contributed by atoms with van der Waals surface area (Å²) in [5.74, 6) is 1.63. The maximum Gasteiger partial charge on any atom is 0.227 e. The van der Waals surface area contributed by atoms with Crippen LogP contribution in [0.4, 0.5) is 23.0 Å². The molecule has 3 aromatic heterocycles. The molecular formula is C25H21N5O. The molecule has 31 heavy (non-hydrogen) atoms. The highest BCUT2D eigenvalue weighted by molar-refractivity contribution is 6.10. The highest BCUT2D eigenvalue weighted by atomic mass is 16.3. The van der Waals surface area contributed by atoms with Crippen LogP contribution in [0.2, 0.25) is 0 Å². The molecule has 0 unspecified atom stereocenters. The third-order valence-electron chi connectivity index (χ3n) is 6.01. The lowest BCUT2D eigenvalue weighted by Gasteiger charge is -2.40. The van der Waals surface area contributed by atoms with Gasteiger partial charge in [0.25, 0.3) is 0 Å². The lowest BCUT2D eigenvalue weighted by Crippen LogP contribution is -2.48. The van der Waals surface area contributed by atoms with Crippen molar-refractivity contribution in [3.05, 3.63) is 78.8 Å². The van der Waals surface area contributed by atoms with E-state index in [9.17, 15) is 0 Å². The van der Waals surface area contributed by atoms with Gasteiger partial charge in [0.2, 0.25) is 5.71 Å². The molecule has 0 aliphatic carbocycles. The van der Waals surface area contributed by atoms with Crippen LogP contribution in [0.15, 0.2) is 77.6 Å². The molecule has 5 aromatic rings. The van der Waals surface area contributed by atoms with E-state index < -0.39 is 5.66 Å². The van der Waals surface area contributed by atoms with Crippen LogP contribution in [-0.4, -0.2) is 20.6 Å². The van der Waals surface area contributed by atoms with E-state index in [2.05, 4.69) is 59.8 Å². The number of fused-ring (bicyclic) bond motifs is 4. The highest BCUT2D eigenvalue weighted by Gasteiger charge is 2.47. The van der Waals surface area contributed by atoms with Gasteiger partial charge in [-0.25, -0.2) is 15.0 Å². The Hall–Kier alpha value is -3.93. The molecule has 0 bridgehead atoms. The Kier molecular flexibility index (Phi) is 3.63. The van der Waals surface area contributed by atoms with Gasteiger partial charge in [-0.05, 0) is 50.6 Å². The second kappa shape index (κ2) is 6.28. The van der Waals surface area contributed by atoms with Crippen molar-refractivity contribution < 1.29 is 4.42 Å². The summed E-state index contributed by atoms with van der Waals surface area (Å²) < 4.78 is 6.31. The summed E-state index contributed by atoms with van der Waals surface area (Å²) in [7, 11) is 0. The van der Waals surface area contributed by atoms with Crippen molar-refractivity contribution in [2.75, 3.05) is 9.80 Å². The number of furan rings is 1. The maximum atomic E-state index is 6.31. The Morgan fingerprint density at radius 1 is 0.742 bits per heavy atom. The molecule has 0 radical (unpaired) electrons. The van der Waals surface area contributed by atoms with Gasteiger partial charge < -0.3 is 4.42 Å². The van der Waals surface area contributed by atoms with Crippen LogP contribution < -0.4 is 9.80 Å². The number of hydrogen-bond donors (Lipinski definition) is 0. The molecule has 0 spiro atoms. The average Bonchev–Trinajstić information content (AvgIpc) is 3.26. The summed E-state index contributed by atoms with van der Waals surface area (Å²) in [6.45, 7) is 6.47. The van der Waals surface area contributed by atoms with Crippen molar-refractivity contribution in [1.82, 2.24) is 15.0 Å². The molecule has 1 aliphatic heterocycles. The molecule has 2 aromatic carbocycles. The number of aryl methyl sites for hydroxylation is 1. The lowest BCUT2D eigenvalue weighted by atomic mass is 10.1. The highest BCUT2D eigenvalue weighted by Crippen LogP contribution is 2.52. The van der Waals surface area contributed by atoms with Crippen LogP contribution in [-0.2, 0) is 0 Å². The van der Waals surface area contributed by atoms with Gasteiger partial charge in [0, 0.05) is 35.1 Å². The summed E-state index contributed by atoms with van der Waals surface area (Å²) in [6.07, 6.45) is 5.24. The van der Waals surface area contributed by atoms with Gasteiger partial charge >= 0.3 is 0 Å². The van der Waals surface area contributed by atoms with Crippen LogP contribution in [0.25, 0.3) is 22.1 Å². The first-order chi connectivity index (χ1) is 15.1. The topological polar surface area (TPSA) is 58.3 Å². The lowest BCUT2D eigenvalue weighted by molar-refractivity contribution is 0.533. The summed E-state index contributed by atoms with van der Waals surface area (Å²) in [6, 6.07) is 18.5. The zero-order valence-electron chi connectivity index (χ0n) is 17.6. The first-order valence-electron chi connectivity index (χ1n) is 10.3. The third kappa shape index (κ3) is 2.42. The molecule has 6 nitrogen and oxygen atoms in total. The molecule has 6 heteroatoms. The maximum absolute atomic E-state index is 6.31. The van der Waals surface area contributed by atoms with E-state index in [0.717, 1.165) is 44.9 Å². The zero-order valence-corrected chi connectivity index (χ0v) is 17.6. The molecule has 1 aliphatic rings. The van der Waals surface area contributed by atoms with Gasteiger partial charge in [0.05, 0.1) is 5.69 Å². The Labute approximate surface area is 179 Å². The monoisotopic (exact) mass is 407 g/mol. The molecule has 0 amide bonds. The normalized spacial score (nSPS) is 15.1. The minimum atomic E-state index is -0.476. The molecule has 4 heterocycles. The van der Waals surface area contributed by atoms with Gasteiger partial charge in [-0.1, -0.05) is 30.3 Å². The molecule has 0 N–H and O–H groups in total. The summed E-state index contributed by atoms with van der Waals surface area (Å²) in [4.78, 5) is 18.4. The number of anilines is 4. The molecule has 0 fully saturated rings.